The van der Waals surface area contributed by atoms with Gasteiger partial charge in [0.1, 0.15) is 5.75 Å². The number of benzene rings is 3. The normalized spacial score (nSPS) is 13.1. The molecule has 3 aromatic rings. The molecule has 0 radical (unpaired) electrons. The number of fused-ring (bicyclic) bond motifs is 1. The quantitative estimate of drug-likeness (QED) is 0.494. The summed E-state index contributed by atoms with van der Waals surface area (Å²) in [4.78, 5) is 14.1. The van der Waals surface area contributed by atoms with Crippen molar-refractivity contribution in [3.63, 3.8) is 0 Å². The van der Waals surface area contributed by atoms with Crippen molar-refractivity contribution in [2.24, 2.45) is 0 Å². The number of hydrogen-bond acceptors (Lipinski definition) is 4. The highest BCUT2D eigenvalue weighted by molar-refractivity contribution is 5.89. The Kier molecular flexibility index (Phi) is 6.68. The van der Waals surface area contributed by atoms with Gasteiger partial charge in [-0.25, -0.2) is 4.79 Å². The maximum atomic E-state index is 11.6. The lowest BCUT2D eigenvalue weighted by Crippen LogP contribution is -2.19. The van der Waals surface area contributed by atoms with Crippen molar-refractivity contribution < 1.29 is 14.3 Å². The van der Waals surface area contributed by atoms with Gasteiger partial charge in [-0.3, -0.25) is 4.90 Å². The highest BCUT2D eigenvalue weighted by Gasteiger charge is 2.21. The smallest absolute Gasteiger partial charge is 0.337 e. The molecule has 0 aliphatic carbocycles. The summed E-state index contributed by atoms with van der Waals surface area (Å²) in [5, 5.41) is 0. The molecule has 3 aromatic carbocycles. The van der Waals surface area contributed by atoms with Gasteiger partial charge in [0.05, 0.1) is 19.8 Å². The topological polar surface area (TPSA) is 38.8 Å². The van der Waals surface area contributed by atoms with Crippen molar-refractivity contribution in [2.45, 2.75) is 32.4 Å². The largest absolute Gasteiger partial charge is 0.497 e. The van der Waals surface area contributed by atoms with E-state index in [4.69, 9.17) is 9.47 Å². The third-order valence-electron chi connectivity index (χ3n) is 6.05. The predicted molar refractivity (Wildman–Crippen MR) is 122 cm³/mol. The van der Waals surface area contributed by atoms with Crippen LogP contribution in [0.1, 0.15) is 38.2 Å². The average Bonchev–Trinajstić information content (AvgIpc) is 3.25. The molecule has 0 amide bonds. The van der Waals surface area contributed by atoms with E-state index in [9.17, 15) is 4.79 Å². The number of methoxy groups -OCH3 is 2. The van der Waals surface area contributed by atoms with Gasteiger partial charge in [0.2, 0.25) is 0 Å². The number of hydrogen-bond donors (Lipinski definition) is 0. The Hall–Kier alpha value is -3.11. The summed E-state index contributed by atoms with van der Waals surface area (Å²) in [7, 11) is 3.12. The second-order valence-corrected chi connectivity index (χ2v) is 8.06. The number of aryl methyl sites for hydroxylation is 2. The fourth-order valence-electron chi connectivity index (χ4n) is 4.27. The van der Waals surface area contributed by atoms with Gasteiger partial charge in [-0.1, -0.05) is 42.5 Å². The molecule has 0 N–H and O–H groups in total. The van der Waals surface area contributed by atoms with Crippen LogP contribution in [-0.4, -0.2) is 31.6 Å². The van der Waals surface area contributed by atoms with E-state index < -0.39 is 0 Å². The highest BCUT2D eigenvalue weighted by Crippen LogP contribution is 2.27. The summed E-state index contributed by atoms with van der Waals surface area (Å²) < 4.78 is 10.1. The Labute approximate surface area is 184 Å². The van der Waals surface area contributed by atoms with Crippen LogP contribution in [-0.2, 0) is 37.1 Å². The molecule has 1 heterocycles. The molecule has 0 saturated carbocycles. The van der Waals surface area contributed by atoms with Crippen molar-refractivity contribution >= 4 is 5.97 Å². The van der Waals surface area contributed by atoms with Gasteiger partial charge in [0.25, 0.3) is 0 Å². The van der Waals surface area contributed by atoms with Crippen molar-refractivity contribution in [1.82, 2.24) is 4.90 Å². The zero-order chi connectivity index (χ0) is 21.6. The first-order valence-electron chi connectivity index (χ1n) is 10.8. The second-order valence-electron chi connectivity index (χ2n) is 8.06. The van der Waals surface area contributed by atoms with E-state index in [1.807, 2.05) is 30.3 Å². The van der Waals surface area contributed by atoms with E-state index in [0.29, 0.717) is 5.56 Å². The van der Waals surface area contributed by atoms with E-state index in [1.54, 1.807) is 7.11 Å². The van der Waals surface area contributed by atoms with Gasteiger partial charge in [-0.15, -0.1) is 0 Å². The summed E-state index contributed by atoms with van der Waals surface area (Å²) in [5.41, 5.74) is 7.50. The van der Waals surface area contributed by atoms with Gasteiger partial charge >= 0.3 is 5.97 Å². The first-order valence-corrected chi connectivity index (χ1v) is 10.8. The van der Waals surface area contributed by atoms with Crippen molar-refractivity contribution in [3.8, 4) is 5.75 Å². The summed E-state index contributed by atoms with van der Waals surface area (Å²) in [6, 6.07) is 22.8. The summed E-state index contributed by atoms with van der Waals surface area (Å²) >= 11 is 0. The Morgan fingerprint density at radius 1 is 0.871 bits per heavy atom. The van der Waals surface area contributed by atoms with Crippen molar-refractivity contribution in [3.05, 3.63) is 100 Å². The van der Waals surface area contributed by atoms with Crippen LogP contribution in [0.25, 0.3) is 0 Å². The summed E-state index contributed by atoms with van der Waals surface area (Å²) in [6.07, 6.45) is 2.99. The number of ether oxygens (including phenoxy) is 2. The highest BCUT2D eigenvalue weighted by atomic mass is 16.5. The number of carbonyl (C=O) groups is 1. The van der Waals surface area contributed by atoms with E-state index in [0.717, 1.165) is 44.6 Å². The van der Waals surface area contributed by atoms with Crippen LogP contribution in [0.4, 0.5) is 0 Å². The molecule has 4 heteroatoms. The zero-order valence-corrected chi connectivity index (χ0v) is 18.3. The van der Waals surface area contributed by atoms with E-state index >= 15 is 0 Å². The third-order valence-corrected chi connectivity index (χ3v) is 6.05. The van der Waals surface area contributed by atoms with Gasteiger partial charge in [0, 0.05) is 19.6 Å². The van der Waals surface area contributed by atoms with Crippen LogP contribution in [0.2, 0.25) is 0 Å². The number of carbonyl (C=O) groups excluding carboxylic acids is 1. The minimum atomic E-state index is -0.290. The third kappa shape index (κ3) is 5.15. The fourth-order valence-corrected chi connectivity index (χ4v) is 4.27. The summed E-state index contributed by atoms with van der Waals surface area (Å²) in [6.45, 7) is 3.06. The van der Waals surface area contributed by atoms with Crippen molar-refractivity contribution in [2.75, 3.05) is 20.8 Å². The van der Waals surface area contributed by atoms with Crippen LogP contribution in [0.5, 0.6) is 5.75 Å². The van der Waals surface area contributed by atoms with E-state index in [1.165, 1.54) is 34.9 Å². The first kappa shape index (κ1) is 21.1. The molecular weight excluding hydrogens is 386 g/mol. The van der Waals surface area contributed by atoms with Crippen LogP contribution in [0, 0.1) is 0 Å². The molecule has 0 spiro atoms. The molecule has 0 atom stereocenters. The molecule has 4 nitrogen and oxygen atoms in total. The molecule has 0 aromatic heterocycles. The van der Waals surface area contributed by atoms with Gasteiger partial charge in [-0.2, -0.15) is 0 Å². The molecule has 4 rings (SSSR count). The number of esters is 1. The molecule has 0 unspecified atom stereocenters. The van der Waals surface area contributed by atoms with Gasteiger partial charge in [0.15, 0.2) is 0 Å². The molecule has 31 heavy (non-hydrogen) atoms. The number of rotatable bonds is 8. The SMILES string of the molecule is COC(=O)c1ccc(CCc2cccc3c2CN(CCc2cccc(OC)c2)C3)cc1. The Bertz CT molecular complexity index is 1040. The lowest BCUT2D eigenvalue weighted by Gasteiger charge is -2.15. The lowest BCUT2D eigenvalue weighted by atomic mass is 9.97. The molecular formula is C27H29NO3. The van der Waals surface area contributed by atoms with Crippen molar-refractivity contribution in [1.29, 1.82) is 0 Å². The minimum absolute atomic E-state index is 0.290. The Morgan fingerprint density at radius 2 is 1.68 bits per heavy atom. The average molecular weight is 416 g/mol. The van der Waals surface area contributed by atoms with E-state index in [2.05, 4.69) is 41.3 Å². The molecule has 0 fully saturated rings. The number of nitrogens with zero attached hydrogens (tertiary/aromatic N) is 1. The van der Waals surface area contributed by atoms with Gasteiger partial charge < -0.3 is 9.47 Å². The monoisotopic (exact) mass is 415 g/mol. The fraction of sp³-hybridized carbons (Fsp3) is 0.296. The minimum Gasteiger partial charge on any atom is -0.497 e. The Balaban J connectivity index is 1.35. The van der Waals surface area contributed by atoms with Crippen LogP contribution in [0.15, 0.2) is 66.7 Å². The summed E-state index contributed by atoms with van der Waals surface area (Å²) in [5.74, 6) is 0.630. The predicted octanol–water partition coefficient (Wildman–Crippen LogP) is 4.83. The molecule has 160 valence electrons. The van der Waals surface area contributed by atoms with E-state index in [-0.39, 0.29) is 5.97 Å². The van der Waals surface area contributed by atoms with Crippen LogP contribution < -0.4 is 4.74 Å². The van der Waals surface area contributed by atoms with Crippen LogP contribution in [0.3, 0.4) is 0 Å². The first-order chi connectivity index (χ1) is 15.2. The van der Waals surface area contributed by atoms with Crippen LogP contribution >= 0.6 is 0 Å². The zero-order valence-electron chi connectivity index (χ0n) is 18.3. The Morgan fingerprint density at radius 3 is 2.45 bits per heavy atom. The second kappa shape index (κ2) is 9.80. The molecule has 1 aliphatic heterocycles. The van der Waals surface area contributed by atoms with Gasteiger partial charge in [-0.05, 0) is 71.3 Å². The lowest BCUT2D eigenvalue weighted by molar-refractivity contribution is 0.0600. The maximum Gasteiger partial charge on any atom is 0.337 e. The maximum absolute atomic E-state index is 11.6. The molecule has 0 bridgehead atoms. The molecule has 0 saturated heterocycles. The molecule has 1 aliphatic rings. The standard InChI is InChI=1S/C27H29NO3/c1-30-25-8-3-5-21(17-25)15-16-28-18-24-7-4-6-22(26(24)19-28)12-9-20-10-13-23(14-11-20)27(29)31-2/h3-8,10-11,13-14,17H,9,12,15-16,18-19H2,1-2H3.